The van der Waals surface area contributed by atoms with E-state index < -0.39 is 0 Å². The van der Waals surface area contributed by atoms with Crippen LogP contribution >= 0.6 is 11.6 Å². The second kappa shape index (κ2) is 6.14. The van der Waals surface area contributed by atoms with E-state index in [1.807, 2.05) is 12.1 Å². The van der Waals surface area contributed by atoms with Gasteiger partial charge in [-0.3, -0.25) is 4.79 Å². The zero-order valence-electron chi connectivity index (χ0n) is 8.94. The molecule has 0 amide bonds. The van der Waals surface area contributed by atoms with Gasteiger partial charge in [0, 0.05) is 11.4 Å². The molecule has 3 nitrogen and oxygen atoms in total. The molecule has 0 aliphatic heterocycles. The standard InChI is InChI=1S/C12H12ClNO2/c1-9(5-6-14)12(15)16-8-10-3-2-4-11(13)7-10/h2-4,7,9H,5,8H2,1H3. The van der Waals surface area contributed by atoms with E-state index in [0.717, 1.165) is 5.56 Å². The highest BCUT2D eigenvalue weighted by atomic mass is 35.5. The number of rotatable bonds is 4. The first-order valence-electron chi connectivity index (χ1n) is 4.91. The molecule has 16 heavy (non-hydrogen) atoms. The zero-order chi connectivity index (χ0) is 12.0. The number of nitrogens with zero attached hydrogens (tertiary/aromatic N) is 1. The predicted octanol–water partition coefficient (Wildman–Crippen LogP) is 2.93. The molecule has 1 atom stereocenters. The largest absolute Gasteiger partial charge is 0.461 e. The lowest BCUT2D eigenvalue weighted by Gasteiger charge is -2.08. The van der Waals surface area contributed by atoms with Crippen LogP contribution in [0, 0.1) is 17.2 Å². The van der Waals surface area contributed by atoms with Crippen LogP contribution in [0.25, 0.3) is 0 Å². The maximum atomic E-state index is 11.4. The van der Waals surface area contributed by atoms with Gasteiger partial charge in [-0.15, -0.1) is 0 Å². The highest BCUT2D eigenvalue weighted by Gasteiger charge is 2.13. The summed E-state index contributed by atoms with van der Waals surface area (Å²) >= 11 is 5.79. The van der Waals surface area contributed by atoms with Crippen molar-refractivity contribution in [2.45, 2.75) is 20.0 Å². The summed E-state index contributed by atoms with van der Waals surface area (Å²) in [5.74, 6) is -0.745. The molecule has 4 heteroatoms. The average molecular weight is 238 g/mol. The molecule has 1 aromatic rings. The van der Waals surface area contributed by atoms with Gasteiger partial charge in [-0.2, -0.15) is 5.26 Å². The van der Waals surface area contributed by atoms with Crippen molar-refractivity contribution >= 4 is 17.6 Å². The molecule has 1 aromatic carbocycles. The Bertz CT molecular complexity index is 412. The Balaban J connectivity index is 2.46. The zero-order valence-corrected chi connectivity index (χ0v) is 9.70. The molecular weight excluding hydrogens is 226 g/mol. The van der Waals surface area contributed by atoms with Gasteiger partial charge >= 0.3 is 5.97 Å². The Hall–Kier alpha value is -1.53. The molecule has 0 N–H and O–H groups in total. The van der Waals surface area contributed by atoms with Crippen LogP contribution in [0.4, 0.5) is 0 Å². The summed E-state index contributed by atoms with van der Waals surface area (Å²) in [4.78, 5) is 11.4. The summed E-state index contributed by atoms with van der Waals surface area (Å²) in [6.07, 6.45) is 0.175. The van der Waals surface area contributed by atoms with Gasteiger partial charge in [0.05, 0.1) is 12.0 Å². The molecule has 0 heterocycles. The van der Waals surface area contributed by atoms with Crippen LogP contribution in [-0.4, -0.2) is 5.97 Å². The molecule has 0 aliphatic rings. The lowest BCUT2D eigenvalue weighted by Crippen LogP contribution is -2.14. The van der Waals surface area contributed by atoms with Crippen molar-refractivity contribution < 1.29 is 9.53 Å². The van der Waals surface area contributed by atoms with Gasteiger partial charge < -0.3 is 4.74 Å². The topological polar surface area (TPSA) is 50.1 Å². The number of nitriles is 1. The number of ether oxygens (including phenoxy) is 1. The number of halogens is 1. The molecule has 0 aromatic heterocycles. The van der Waals surface area contributed by atoms with Crippen molar-refractivity contribution in [3.63, 3.8) is 0 Å². The lowest BCUT2D eigenvalue weighted by atomic mass is 10.1. The Morgan fingerprint density at radius 2 is 2.38 bits per heavy atom. The van der Waals surface area contributed by atoms with Crippen molar-refractivity contribution in [1.29, 1.82) is 5.26 Å². The Morgan fingerprint density at radius 3 is 3.00 bits per heavy atom. The molecule has 0 aliphatic carbocycles. The van der Waals surface area contributed by atoms with Gasteiger partial charge in [-0.05, 0) is 17.7 Å². The van der Waals surface area contributed by atoms with Crippen molar-refractivity contribution in [2.24, 2.45) is 5.92 Å². The monoisotopic (exact) mass is 237 g/mol. The van der Waals surface area contributed by atoms with Crippen LogP contribution in [0.3, 0.4) is 0 Å². The molecule has 0 radical (unpaired) electrons. The van der Waals surface area contributed by atoms with E-state index in [0.29, 0.717) is 5.02 Å². The first-order chi connectivity index (χ1) is 7.63. The smallest absolute Gasteiger partial charge is 0.310 e. The number of hydrogen-bond acceptors (Lipinski definition) is 3. The number of benzene rings is 1. The second-order valence-corrected chi connectivity index (χ2v) is 3.94. The van der Waals surface area contributed by atoms with E-state index in [9.17, 15) is 4.79 Å². The maximum Gasteiger partial charge on any atom is 0.310 e. The average Bonchev–Trinajstić information content (AvgIpc) is 2.26. The maximum absolute atomic E-state index is 11.4. The third-order valence-electron chi connectivity index (χ3n) is 2.07. The fourth-order valence-corrected chi connectivity index (χ4v) is 1.36. The summed E-state index contributed by atoms with van der Waals surface area (Å²) < 4.78 is 5.05. The van der Waals surface area contributed by atoms with Crippen LogP contribution in [0.5, 0.6) is 0 Å². The molecule has 0 spiro atoms. The van der Waals surface area contributed by atoms with E-state index in [1.54, 1.807) is 25.1 Å². The number of hydrogen-bond donors (Lipinski definition) is 0. The van der Waals surface area contributed by atoms with Crippen molar-refractivity contribution in [2.75, 3.05) is 0 Å². The van der Waals surface area contributed by atoms with Gasteiger partial charge in [-0.1, -0.05) is 30.7 Å². The highest BCUT2D eigenvalue weighted by Crippen LogP contribution is 2.12. The Kier molecular flexibility index (Phi) is 4.81. The summed E-state index contributed by atoms with van der Waals surface area (Å²) in [5, 5.41) is 9.04. The molecule has 0 fully saturated rings. The fraction of sp³-hybridized carbons (Fsp3) is 0.333. The van der Waals surface area contributed by atoms with E-state index in [2.05, 4.69) is 0 Å². The van der Waals surface area contributed by atoms with Gasteiger partial charge in [0.1, 0.15) is 6.61 Å². The van der Waals surface area contributed by atoms with Gasteiger partial charge in [0.2, 0.25) is 0 Å². The van der Waals surface area contributed by atoms with Gasteiger partial charge in [-0.25, -0.2) is 0 Å². The second-order valence-electron chi connectivity index (χ2n) is 3.50. The Labute approximate surface area is 99.6 Å². The van der Waals surface area contributed by atoms with Gasteiger partial charge in [0.25, 0.3) is 0 Å². The normalized spacial score (nSPS) is 11.6. The minimum atomic E-state index is -0.385. The highest BCUT2D eigenvalue weighted by molar-refractivity contribution is 6.30. The fourth-order valence-electron chi connectivity index (χ4n) is 1.14. The third kappa shape index (κ3) is 3.92. The summed E-state index contributed by atoms with van der Waals surface area (Å²) in [6, 6.07) is 9.05. The van der Waals surface area contributed by atoms with Crippen molar-refractivity contribution in [3.05, 3.63) is 34.9 Å². The van der Waals surface area contributed by atoms with Crippen molar-refractivity contribution in [1.82, 2.24) is 0 Å². The summed E-state index contributed by atoms with van der Waals surface area (Å²) in [5.41, 5.74) is 0.838. The van der Waals surface area contributed by atoms with Gasteiger partial charge in [0.15, 0.2) is 0 Å². The minimum absolute atomic E-state index is 0.175. The molecule has 1 rings (SSSR count). The van der Waals surface area contributed by atoms with Crippen LogP contribution in [0.1, 0.15) is 18.9 Å². The van der Waals surface area contributed by atoms with E-state index in [-0.39, 0.29) is 24.9 Å². The van der Waals surface area contributed by atoms with Crippen LogP contribution in [0.2, 0.25) is 5.02 Å². The van der Waals surface area contributed by atoms with Crippen molar-refractivity contribution in [3.8, 4) is 6.07 Å². The minimum Gasteiger partial charge on any atom is -0.461 e. The predicted molar refractivity (Wildman–Crippen MR) is 60.6 cm³/mol. The SMILES string of the molecule is CC(CC#N)C(=O)OCc1cccc(Cl)c1. The van der Waals surface area contributed by atoms with E-state index in [1.165, 1.54) is 0 Å². The lowest BCUT2D eigenvalue weighted by molar-refractivity contribution is -0.149. The quantitative estimate of drug-likeness (QED) is 0.757. The molecule has 0 saturated heterocycles. The van der Waals surface area contributed by atoms with E-state index in [4.69, 9.17) is 21.6 Å². The number of esters is 1. The summed E-state index contributed by atoms with van der Waals surface area (Å²) in [6.45, 7) is 1.86. The molecule has 0 bridgehead atoms. The number of carbonyl (C=O) groups excluding carboxylic acids is 1. The van der Waals surface area contributed by atoms with Crippen LogP contribution in [0.15, 0.2) is 24.3 Å². The van der Waals surface area contributed by atoms with E-state index >= 15 is 0 Å². The first-order valence-corrected chi connectivity index (χ1v) is 5.29. The molecule has 0 saturated carbocycles. The molecule has 1 unspecified atom stereocenters. The number of carbonyl (C=O) groups is 1. The molecule has 84 valence electrons. The van der Waals surface area contributed by atoms with Crippen LogP contribution < -0.4 is 0 Å². The molecular formula is C12H12ClNO2. The third-order valence-corrected chi connectivity index (χ3v) is 2.31. The van der Waals surface area contributed by atoms with Crippen LogP contribution in [-0.2, 0) is 16.1 Å². The first kappa shape index (κ1) is 12.5. The Morgan fingerprint density at radius 1 is 1.62 bits per heavy atom. The summed E-state index contributed by atoms with van der Waals surface area (Å²) in [7, 11) is 0.